The predicted molar refractivity (Wildman–Crippen MR) is 116 cm³/mol. The fourth-order valence-electron chi connectivity index (χ4n) is 4.15. The van der Waals surface area contributed by atoms with Gasteiger partial charge in [-0.1, -0.05) is 18.2 Å². The summed E-state index contributed by atoms with van der Waals surface area (Å²) in [5.74, 6) is -1.83. The van der Waals surface area contributed by atoms with Crippen LogP contribution in [-0.2, 0) is 9.84 Å². The summed E-state index contributed by atoms with van der Waals surface area (Å²) >= 11 is 0. The van der Waals surface area contributed by atoms with Crippen molar-refractivity contribution in [1.82, 2.24) is 4.90 Å². The first-order chi connectivity index (χ1) is 16.2. The Balaban J connectivity index is 1.74. The summed E-state index contributed by atoms with van der Waals surface area (Å²) in [6.07, 6.45) is -4.39. The van der Waals surface area contributed by atoms with E-state index in [2.05, 4.69) is 9.47 Å². The molecule has 0 aliphatic carbocycles. The van der Waals surface area contributed by atoms with Gasteiger partial charge in [0.05, 0.1) is 15.2 Å². The minimum absolute atomic E-state index is 0.0281. The smallest absolute Gasteiger partial charge is 0.434 e. The van der Waals surface area contributed by atoms with Crippen LogP contribution in [0.3, 0.4) is 0 Å². The molecule has 192 valence electrons. The van der Waals surface area contributed by atoms with Gasteiger partial charge >= 0.3 is 13.0 Å². The maximum Gasteiger partial charge on any atom is 0.573 e. The SMILES string of the molecule is CC(C)(C1CCN(C(=O)c2ccccc2OC(F)F)CC1)S(=O)(=O)c1cccc(OC(F)(F)F)c1. The maximum atomic E-state index is 13.4. The van der Waals surface area contributed by atoms with Gasteiger partial charge in [-0.2, -0.15) is 8.78 Å². The Morgan fingerprint density at radius 2 is 1.66 bits per heavy atom. The standard InChI is InChI=1S/C23H24F5NO5S/c1-22(2,35(31,32)17-7-5-6-16(14-17)34-23(26,27)28)15-10-12-29(13-11-15)20(30)18-8-3-4-9-19(18)33-21(24)25/h3-9,14-15,21H,10-13H2,1-2H3. The number of amides is 1. The molecule has 1 fully saturated rings. The van der Waals surface area contributed by atoms with E-state index in [-0.39, 0.29) is 42.1 Å². The largest absolute Gasteiger partial charge is 0.573 e. The van der Waals surface area contributed by atoms with Gasteiger partial charge < -0.3 is 14.4 Å². The van der Waals surface area contributed by atoms with Gasteiger partial charge in [0.2, 0.25) is 0 Å². The fourth-order valence-corrected chi connectivity index (χ4v) is 5.96. The van der Waals surface area contributed by atoms with Crippen molar-refractivity contribution in [1.29, 1.82) is 0 Å². The molecule has 6 nitrogen and oxygen atoms in total. The third-order valence-corrected chi connectivity index (χ3v) is 8.73. The van der Waals surface area contributed by atoms with Crippen LogP contribution >= 0.6 is 0 Å². The molecule has 0 unspecified atom stereocenters. The predicted octanol–water partition coefficient (Wildman–Crippen LogP) is 5.29. The second kappa shape index (κ2) is 10.00. The summed E-state index contributed by atoms with van der Waals surface area (Å²) < 4.78 is 96.6. The number of benzene rings is 2. The third kappa shape index (κ3) is 6.03. The zero-order chi connectivity index (χ0) is 26.0. The summed E-state index contributed by atoms with van der Waals surface area (Å²) in [5, 5.41) is 0. The van der Waals surface area contributed by atoms with Crippen molar-refractivity contribution in [2.75, 3.05) is 13.1 Å². The number of rotatable bonds is 7. The maximum absolute atomic E-state index is 13.4. The van der Waals surface area contributed by atoms with E-state index >= 15 is 0 Å². The summed E-state index contributed by atoms with van der Waals surface area (Å²) in [6.45, 7) is 0.229. The number of para-hydroxylation sites is 1. The van der Waals surface area contributed by atoms with Crippen molar-refractivity contribution < 1.29 is 44.6 Å². The lowest BCUT2D eigenvalue weighted by Crippen LogP contribution is -2.47. The molecule has 2 aromatic rings. The molecule has 12 heteroatoms. The molecule has 1 aliphatic rings. The molecule has 1 saturated heterocycles. The van der Waals surface area contributed by atoms with E-state index in [1.807, 2.05) is 0 Å². The number of halogens is 5. The fraction of sp³-hybridized carbons (Fsp3) is 0.435. The highest BCUT2D eigenvalue weighted by molar-refractivity contribution is 7.92. The molecule has 1 aliphatic heterocycles. The molecule has 2 aromatic carbocycles. The average Bonchev–Trinajstić information content (AvgIpc) is 2.77. The normalized spacial score (nSPS) is 15.8. The molecule has 1 heterocycles. The lowest BCUT2D eigenvalue weighted by molar-refractivity contribution is -0.274. The van der Waals surface area contributed by atoms with Gasteiger partial charge in [-0.05, 0) is 62.9 Å². The Labute approximate surface area is 199 Å². The number of piperidine rings is 1. The number of hydrogen-bond donors (Lipinski definition) is 0. The Kier molecular flexibility index (Phi) is 7.63. The van der Waals surface area contributed by atoms with Crippen LogP contribution in [0, 0.1) is 5.92 Å². The molecule has 1 amide bonds. The van der Waals surface area contributed by atoms with Crippen molar-refractivity contribution in [2.24, 2.45) is 5.92 Å². The number of ether oxygens (including phenoxy) is 2. The Bertz CT molecular complexity index is 1160. The summed E-state index contributed by atoms with van der Waals surface area (Å²) in [7, 11) is -4.08. The van der Waals surface area contributed by atoms with E-state index in [0.717, 1.165) is 12.1 Å². The van der Waals surface area contributed by atoms with Crippen LogP contribution in [0.2, 0.25) is 0 Å². The number of alkyl halides is 5. The van der Waals surface area contributed by atoms with E-state index in [1.54, 1.807) is 0 Å². The van der Waals surface area contributed by atoms with Crippen molar-refractivity contribution in [2.45, 2.75) is 49.3 Å². The van der Waals surface area contributed by atoms with Crippen LogP contribution in [0.5, 0.6) is 11.5 Å². The summed E-state index contributed by atoms with van der Waals surface area (Å²) in [5.41, 5.74) is -0.0281. The van der Waals surface area contributed by atoms with Crippen LogP contribution in [0.25, 0.3) is 0 Å². The number of carbonyl (C=O) groups excluding carboxylic acids is 1. The van der Waals surface area contributed by atoms with Crippen molar-refractivity contribution in [3.63, 3.8) is 0 Å². The van der Waals surface area contributed by atoms with Crippen LogP contribution in [0.4, 0.5) is 22.0 Å². The minimum atomic E-state index is -4.96. The second-order valence-corrected chi connectivity index (χ2v) is 11.1. The van der Waals surface area contributed by atoms with Crippen LogP contribution in [-0.4, -0.2) is 50.0 Å². The molecule has 0 N–H and O–H groups in total. The molecular weight excluding hydrogens is 497 g/mol. The van der Waals surface area contributed by atoms with E-state index < -0.39 is 45.1 Å². The highest BCUT2D eigenvalue weighted by Crippen LogP contribution is 2.39. The van der Waals surface area contributed by atoms with Gasteiger partial charge in [-0.15, -0.1) is 13.2 Å². The number of hydrogen-bond acceptors (Lipinski definition) is 5. The van der Waals surface area contributed by atoms with E-state index in [1.165, 1.54) is 55.1 Å². The van der Waals surface area contributed by atoms with Crippen molar-refractivity contribution >= 4 is 15.7 Å². The molecule has 0 spiro atoms. The zero-order valence-electron chi connectivity index (χ0n) is 18.9. The first kappa shape index (κ1) is 26.7. The monoisotopic (exact) mass is 521 g/mol. The van der Waals surface area contributed by atoms with Gasteiger partial charge in [0, 0.05) is 13.1 Å². The lowest BCUT2D eigenvalue weighted by Gasteiger charge is -2.40. The van der Waals surface area contributed by atoms with Gasteiger partial charge in [0.15, 0.2) is 9.84 Å². The Hall–Kier alpha value is -2.89. The first-order valence-corrected chi connectivity index (χ1v) is 12.1. The number of carbonyl (C=O) groups is 1. The highest BCUT2D eigenvalue weighted by Gasteiger charge is 2.44. The molecule has 0 bridgehead atoms. The second-order valence-electron chi connectivity index (χ2n) is 8.57. The average molecular weight is 522 g/mol. The summed E-state index contributed by atoms with van der Waals surface area (Å²) in [4.78, 5) is 14.0. The zero-order valence-corrected chi connectivity index (χ0v) is 19.7. The summed E-state index contributed by atoms with van der Waals surface area (Å²) in [6, 6.07) is 9.84. The molecule has 0 atom stereocenters. The highest BCUT2D eigenvalue weighted by atomic mass is 32.2. The van der Waals surface area contributed by atoms with Crippen LogP contribution < -0.4 is 9.47 Å². The molecule has 3 rings (SSSR count). The third-order valence-electron chi connectivity index (χ3n) is 6.14. The molecular formula is C23H24F5NO5S. The van der Waals surface area contributed by atoms with Gasteiger partial charge in [-0.25, -0.2) is 8.42 Å². The van der Waals surface area contributed by atoms with Gasteiger partial charge in [-0.3, -0.25) is 4.79 Å². The number of nitrogens with zero attached hydrogens (tertiary/aromatic N) is 1. The number of sulfone groups is 1. The van der Waals surface area contributed by atoms with Crippen LogP contribution in [0.15, 0.2) is 53.4 Å². The molecule has 0 saturated carbocycles. The quantitative estimate of drug-likeness (QED) is 0.463. The molecule has 35 heavy (non-hydrogen) atoms. The molecule has 0 radical (unpaired) electrons. The lowest BCUT2D eigenvalue weighted by atomic mass is 9.85. The van der Waals surface area contributed by atoms with E-state index in [9.17, 15) is 35.2 Å². The first-order valence-electron chi connectivity index (χ1n) is 10.7. The van der Waals surface area contributed by atoms with Crippen molar-refractivity contribution in [3.8, 4) is 11.5 Å². The number of likely N-dealkylation sites (tertiary alicyclic amines) is 1. The van der Waals surface area contributed by atoms with Crippen molar-refractivity contribution in [3.05, 3.63) is 54.1 Å². The van der Waals surface area contributed by atoms with Crippen LogP contribution in [0.1, 0.15) is 37.0 Å². The van der Waals surface area contributed by atoms with Gasteiger partial charge in [0.25, 0.3) is 5.91 Å². The van der Waals surface area contributed by atoms with Gasteiger partial charge in [0.1, 0.15) is 11.5 Å². The topological polar surface area (TPSA) is 72.9 Å². The van der Waals surface area contributed by atoms with E-state index in [0.29, 0.717) is 0 Å². The van der Waals surface area contributed by atoms with E-state index in [4.69, 9.17) is 0 Å². The Morgan fingerprint density at radius 3 is 2.26 bits per heavy atom. The molecule has 0 aromatic heterocycles. The minimum Gasteiger partial charge on any atom is -0.434 e. The Morgan fingerprint density at radius 1 is 1.03 bits per heavy atom.